The summed E-state index contributed by atoms with van der Waals surface area (Å²) in [5, 5.41) is 3.09. The smallest absolute Gasteiger partial charge is 0.428 e. The molecule has 2 N–H and O–H groups in total. The van der Waals surface area contributed by atoms with E-state index in [0.29, 0.717) is 40.5 Å². The van der Waals surface area contributed by atoms with Crippen molar-refractivity contribution in [2.45, 2.75) is 18.8 Å². The Morgan fingerprint density at radius 2 is 1.97 bits per heavy atom. The lowest BCUT2D eigenvalue weighted by Gasteiger charge is -2.28. The van der Waals surface area contributed by atoms with E-state index < -0.39 is 0 Å². The summed E-state index contributed by atoms with van der Waals surface area (Å²) < 4.78 is 6.45. The van der Waals surface area contributed by atoms with Crippen LogP contribution in [0.4, 0.5) is 10.5 Å². The number of hydrogen-bond donors (Lipinski definition) is 1. The molecule has 3 aromatic rings. The Bertz CT molecular complexity index is 1290. The molecule has 178 valence electrons. The molecule has 1 fully saturated rings. The first-order valence-corrected chi connectivity index (χ1v) is 12.5. The summed E-state index contributed by atoms with van der Waals surface area (Å²) in [5.41, 5.74) is 3.45. The molecule has 9 heteroatoms. The largest absolute Gasteiger partial charge is 1.00 e. The second-order valence-corrected chi connectivity index (χ2v) is 10.5. The molecule has 6 nitrogen and oxygen atoms in total. The zero-order chi connectivity index (χ0) is 22.7. The molecule has 0 unspecified atom stereocenters. The molecule has 0 spiro atoms. The highest BCUT2D eigenvalue weighted by Crippen LogP contribution is 2.44. The summed E-state index contributed by atoms with van der Waals surface area (Å²) in [7, 11) is 1.74. The van der Waals surface area contributed by atoms with Crippen LogP contribution < -0.4 is 22.5 Å². The minimum atomic E-state index is -0.237. The quantitative estimate of drug-likeness (QED) is 0.560. The van der Waals surface area contributed by atoms with Gasteiger partial charge in [0, 0.05) is 32.1 Å². The molecule has 0 bridgehead atoms. The van der Waals surface area contributed by atoms with Crippen LogP contribution in [0.3, 0.4) is 0 Å². The fourth-order valence-electron chi connectivity index (χ4n) is 5.79. The van der Waals surface area contributed by atoms with E-state index in [9.17, 15) is 9.59 Å². The van der Waals surface area contributed by atoms with Crippen molar-refractivity contribution in [3.05, 3.63) is 57.4 Å². The summed E-state index contributed by atoms with van der Waals surface area (Å²) in [6.07, 6.45) is 2.19. The molecule has 2 atom stereocenters. The molecule has 2 aliphatic heterocycles. The molecule has 34 heavy (non-hydrogen) atoms. The van der Waals surface area contributed by atoms with E-state index in [0.717, 1.165) is 41.8 Å². The number of thiophene rings is 1. The third-order valence-electron chi connectivity index (χ3n) is 7.39. The van der Waals surface area contributed by atoms with Crippen LogP contribution in [0.5, 0.6) is 5.75 Å². The normalized spacial score (nSPS) is 21.8. The Morgan fingerprint density at radius 3 is 2.79 bits per heavy atom. The van der Waals surface area contributed by atoms with Crippen molar-refractivity contribution in [1.82, 2.24) is 9.80 Å². The number of quaternary nitrogens is 1. The SMILES string of the molecule is COc1cccc2c1CC[C@H]1CN(CCN3C(=O)[NH2+]c4c(sc5c(Cl)cccc45)C3=O)C[C@@H]21.[Cl-]. The highest BCUT2D eigenvalue weighted by Gasteiger charge is 2.41. The maximum Gasteiger partial charge on any atom is 0.428 e. The second-order valence-electron chi connectivity index (χ2n) is 9.09. The zero-order valence-electron chi connectivity index (χ0n) is 18.7. The van der Waals surface area contributed by atoms with Crippen molar-refractivity contribution in [3.8, 4) is 5.75 Å². The Kier molecular flexibility index (Phi) is 6.33. The predicted molar refractivity (Wildman–Crippen MR) is 129 cm³/mol. The molecular weight excluding hydrogens is 493 g/mol. The van der Waals surface area contributed by atoms with Gasteiger partial charge in [-0.2, -0.15) is 0 Å². The molecule has 2 aromatic carbocycles. The molecule has 0 radical (unpaired) electrons. The number of ether oxygens (including phenoxy) is 1. The van der Waals surface area contributed by atoms with E-state index in [1.54, 1.807) is 12.4 Å². The van der Waals surface area contributed by atoms with E-state index in [1.807, 2.05) is 24.3 Å². The van der Waals surface area contributed by atoms with Gasteiger partial charge in [0.25, 0.3) is 5.91 Å². The summed E-state index contributed by atoms with van der Waals surface area (Å²) in [6.45, 7) is 3.05. The average molecular weight is 518 g/mol. The molecule has 0 saturated carbocycles. The van der Waals surface area contributed by atoms with E-state index in [4.69, 9.17) is 16.3 Å². The Balaban J connectivity index is 0.00000241. The number of benzene rings is 2. The Labute approximate surface area is 213 Å². The number of fused-ring (bicyclic) bond motifs is 6. The summed E-state index contributed by atoms with van der Waals surface area (Å²) >= 11 is 7.71. The topological polar surface area (TPSA) is 66.5 Å². The maximum atomic E-state index is 13.2. The number of halogens is 2. The fraction of sp³-hybridized carbons (Fsp3) is 0.360. The lowest BCUT2D eigenvalue weighted by molar-refractivity contribution is -0.471. The molecule has 3 heterocycles. The molecule has 3 amide bonds. The van der Waals surface area contributed by atoms with Gasteiger partial charge in [0.2, 0.25) is 0 Å². The van der Waals surface area contributed by atoms with Crippen molar-refractivity contribution >= 4 is 50.6 Å². The minimum absolute atomic E-state index is 0. The van der Waals surface area contributed by atoms with Crippen LogP contribution in [0.15, 0.2) is 36.4 Å². The molecule has 6 rings (SSSR count). The minimum Gasteiger partial charge on any atom is -1.00 e. The van der Waals surface area contributed by atoms with Gasteiger partial charge in [-0.3, -0.25) is 4.79 Å². The second kappa shape index (κ2) is 9.13. The predicted octanol–water partition coefficient (Wildman–Crippen LogP) is 1.000. The van der Waals surface area contributed by atoms with Gasteiger partial charge in [-0.05, 0) is 48.1 Å². The van der Waals surface area contributed by atoms with E-state index in [1.165, 1.54) is 27.4 Å². The number of methoxy groups -OCH3 is 1. The van der Waals surface area contributed by atoms with Crippen molar-refractivity contribution in [3.63, 3.8) is 0 Å². The number of hydrogen-bond acceptors (Lipinski definition) is 5. The van der Waals surface area contributed by atoms with E-state index in [-0.39, 0.29) is 24.3 Å². The van der Waals surface area contributed by atoms with Gasteiger partial charge in [0.15, 0.2) is 10.6 Å². The number of rotatable bonds is 4. The zero-order valence-corrected chi connectivity index (χ0v) is 21.1. The van der Waals surface area contributed by atoms with Crippen molar-refractivity contribution in [1.29, 1.82) is 0 Å². The van der Waals surface area contributed by atoms with Crippen molar-refractivity contribution in [2.24, 2.45) is 5.92 Å². The van der Waals surface area contributed by atoms with E-state index >= 15 is 0 Å². The van der Waals surface area contributed by atoms with Crippen molar-refractivity contribution < 1.29 is 32.0 Å². The first-order valence-electron chi connectivity index (χ1n) is 11.3. The van der Waals surface area contributed by atoms with Crippen LogP contribution in [-0.2, 0) is 6.42 Å². The van der Waals surface area contributed by atoms with Crippen LogP contribution in [0.25, 0.3) is 10.1 Å². The number of carbonyl (C=O) groups excluding carboxylic acids is 2. The highest BCUT2D eigenvalue weighted by molar-refractivity contribution is 7.22. The average Bonchev–Trinajstić information content (AvgIpc) is 3.41. The Hall–Kier alpha value is -2.16. The highest BCUT2D eigenvalue weighted by atomic mass is 35.5. The molecule has 3 aliphatic rings. The van der Waals surface area contributed by atoms with Gasteiger partial charge in [-0.1, -0.05) is 29.8 Å². The third-order valence-corrected chi connectivity index (χ3v) is 9.06. The molecule has 1 saturated heterocycles. The number of imide groups is 1. The van der Waals surface area contributed by atoms with Gasteiger partial charge in [0.05, 0.1) is 22.2 Å². The summed E-state index contributed by atoms with van der Waals surface area (Å²) in [5.74, 6) is 1.88. The van der Waals surface area contributed by atoms with Gasteiger partial charge < -0.3 is 22.0 Å². The lowest BCUT2D eigenvalue weighted by Crippen LogP contribution is -3.00. The summed E-state index contributed by atoms with van der Waals surface area (Å²) in [6, 6.07) is 11.7. The van der Waals surface area contributed by atoms with Gasteiger partial charge >= 0.3 is 6.03 Å². The number of likely N-dealkylation sites (tertiary alicyclic amines) is 1. The van der Waals surface area contributed by atoms with Gasteiger partial charge in [-0.15, -0.1) is 11.3 Å². The number of carbonyl (C=O) groups is 2. The molecule has 1 aromatic heterocycles. The number of amides is 3. The van der Waals surface area contributed by atoms with E-state index in [2.05, 4.69) is 17.0 Å². The van der Waals surface area contributed by atoms with Crippen molar-refractivity contribution in [2.75, 3.05) is 33.3 Å². The van der Waals surface area contributed by atoms with Crippen LogP contribution in [0, 0.1) is 5.92 Å². The number of urea groups is 1. The standard InChI is InChI=1S/C25H24ClN3O3S.ClH/c1-32-20-7-3-4-15-16(20)9-8-14-12-28(13-18(14)15)10-11-29-24(30)23-21(27-25(29)31)17-5-2-6-19(26)22(17)33-23;/h2-7,14,18H,8-13H2,1H3,(H,27,31);1H/t14-,18+;/m0./s1. The molecular formula is C25H25Cl2N3O3S. The van der Waals surface area contributed by atoms with Gasteiger partial charge in [-0.25, -0.2) is 15.0 Å². The molecule has 1 aliphatic carbocycles. The van der Waals surface area contributed by atoms with Crippen LogP contribution in [0.2, 0.25) is 5.02 Å². The maximum absolute atomic E-state index is 13.2. The third kappa shape index (κ3) is 3.71. The van der Waals surface area contributed by atoms with Gasteiger partial charge in [0.1, 0.15) is 5.75 Å². The van der Waals surface area contributed by atoms with Crippen LogP contribution >= 0.6 is 22.9 Å². The first kappa shape index (κ1) is 23.6. The van der Waals surface area contributed by atoms with Crippen LogP contribution in [-0.4, -0.2) is 55.0 Å². The number of nitrogens with zero attached hydrogens (tertiary/aromatic N) is 2. The lowest BCUT2D eigenvalue weighted by atomic mass is 9.77. The van der Waals surface area contributed by atoms with Crippen LogP contribution in [0.1, 0.15) is 33.1 Å². The number of nitrogens with two attached hydrogens (primary N) is 1. The summed E-state index contributed by atoms with van der Waals surface area (Å²) in [4.78, 5) is 30.5. The Morgan fingerprint density at radius 1 is 1.15 bits per heavy atom. The monoisotopic (exact) mass is 517 g/mol. The first-order chi connectivity index (χ1) is 16.0. The fourth-order valence-corrected chi connectivity index (χ4v) is 7.21. The number of primary amides is 1.